The van der Waals surface area contributed by atoms with Gasteiger partial charge in [-0.3, -0.25) is 4.79 Å². The lowest BCUT2D eigenvalue weighted by molar-refractivity contribution is 0.0944. The van der Waals surface area contributed by atoms with E-state index < -0.39 is 0 Å². The van der Waals surface area contributed by atoms with Gasteiger partial charge in [-0.15, -0.1) is 0 Å². The maximum atomic E-state index is 13.2. The summed E-state index contributed by atoms with van der Waals surface area (Å²) in [6.45, 7) is 3.75. The summed E-state index contributed by atoms with van der Waals surface area (Å²) in [4.78, 5) is 17.9. The summed E-state index contributed by atoms with van der Waals surface area (Å²) in [5, 5.41) is 5.81. The van der Waals surface area contributed by atoms with Gasteiger partial charge in [-0.1, -0.05) is 41.9 Å². The average Bonchev–Trinajstić information content (AvgIpc) is 2.99. The second kappa shape index (κ2) is 6.39. The molecule has 2 aromatic heterocycles. The molecule has 0 saturated carbocycles. The summed E-state index contributed by atoms with van der Waals surface area (Å²) in [6.07, 6.45) is 0. The number of nitrogens with zero attached hydrogens (tertiary/aromatic N) is 3. The number of benzene rings is 2. The molecule has 0 atom stereocenters. The van der Waals surface area contributed by atoms with Crippen LogP contribution in [0.3, 0.4) is 0 Å². The van der Waals surface area contributed by atoms with Crippen LogP contribution < -0.4 is 0 Å². The van der Waals surface area contributed by atoms with E-state index in [0.717, 1.165) is 33.5 Å². The number of carbonyl (C=O) groups is 1. The van der Waals surface area contributed by atoms with Crippen molar-refractivity contribution in [2.75, 3.05) is 0 Å². The standard InChI is InChI=1S/C21H16ClN3O/c1-13-11-14(2)25(24-13)21(26)18-12-20(15-7-9-16(22)10-8-15)23-19-6-4-3-5-17(18)19/h3-12H,1-2H3. The first-order valence-electron chi connectivity index (χ1n) is 8.26. The number of hydrogen-bond donors (Lipinski definition) is 0. The van der Waals surface area contributed by atoms with E-state index in [1.165, 1.54) is 4.68 Å². The molecule has 2 heterocycles. The normalized spacial score (nSPS) is 11.0. The zero-order valence-electron chi connectivity index (χ0n) is 14.4. The van der Waals surface area contributed by atoms with Crippen LogP contribution in [0.1, 0.15) is 21.7 Å². The van der Waals surface area contributed by atoms with Gasteiger partial charge in [0.05, 0.1) is 22.5 Å². The zero-order valence-corrected chi connectivity index (χ0v) is 15.2. The van der Waals surface area contributed by atoms with Crippen LogP contribution in [0.2, 0.25) is 5.02 Å². The number of carbonyl (C=O) groups excluding carboxylic acids is 1. The molecule has 2 aromatic carbocycles. The summed E-state index contributed by atoms with van der Waals surface area (Å²) in [5.41, 5.74) is 4.60. The van der Waals surface area contributed by atoms with Gasteiger partial charge in [0.15, 0.2) is 0 Å². The van der Waals surface area contributed by atoms with Crippen LogP contribution >= 0.6 is 11.6 Å². The van der Waals surface area contributed by atoms with Crippen LogP contribution in [0.5, 0.6) is 0 Å². The summed E-state index contributed by atoms with van der Waals surface area (Å²) in [7, 11) is 0. The lowest BCUT2D eigenvalue weighted by Crippen LogP contribution is -2.16. The topological polar surface area (TPSA) is 47.8 Å². The molecule has 0 radical (unpaired) electrons. The molecule has 0 N–H and O–H groups in total. The molecular formula is C21H16ClN3O. The number of aryl methyl sites for hydroxylation is 2. The molecule has 0 bridgehead atoms. The van der Waals surface area contributed by atoms with Crippen LogP contribution in [0, 0.1) is 13.8 Å². The Balaban J connectivity index is 1.94. The Morgan fingerprint density at radius 3 is 2.42 bits per heavy atom. The maximum absolute atomic E-state index is 13.2. The van der Waals surface area contributed by atoms with E-state index in [0.29, 0.717) is 10.6 Å². The summed E-state index contributed by atoms with van der Waals surface area (Å²) in [6, 6.07) is 18.8. The number of fused-ring (bicyclic) bond motifs is 1. The van der Waals surface area contributed by atoms with Crippen LogP contribution in [0.25, 0.3) is 22.2 Å². The Hall–Kier alpha value is -2.98. The Morgan fingerprint density at radius 2 is 1.73 bits per heavy atom. The molecule has 0 aliphatic carbocycles. The molecule has 4 aromatic rings. The first kappa shape index (κ1) is 16.5. The number of rotatable bonds is 2. The van der Waals surface area contributed by atoms with Crippen LogP contribution in [-0.4, -0.2) is 20.7 Å². The highest BCUT2D eigenvalue weighted by molar-refractivity contribution is 6.30. The molecule has 0 aliphatic rings. The number of aromatic nitrogens is 3. The van der Waals surface area contributed by atoms with Gasteiger partial charge in [0, 0.05) is 21.7 Å². The smallest absolute Gasteiger partial charge is 0.267 e. The van der Waals surface area contributed by atoms with E-state index in [1.54, 1.807) is 0 Å². The first-order chi connectivity index (χ1) is 12.5. The third-order valence-electron chi connectivity index (χ3n) is 4.29. The molecule has 0 aliphatic heterocycles. The largest absolute Gasteiger partial charge is 0.279 e. The van der Waals surface area contributed by atoms with E-state index in [2.05, 4.69) is 5.10 Å². The second-order valence-corrected chi connectivity index (χ2v) is 6.66. The van der Waals surface area contributed by atoms with Crippen molar-refractivity contribution in [1.82, 2.24) is 14.8 Å². The minimum Gasteiger partial charge on any atom is -0.267 e. The average molecular weight is 362 g/mol. The first-order valence-corrected chi connectivity index (χ1v) is 8.64. The van der Waals surface area contributed by atoms with Gasteiger partial charge in [-0.25, -0.2) is 9.67 Å². The number of para-hydroxylation sites is 1. The second-order valence-electron chi connectivity index (χ2n) is 6.22. The van der Waals surface area contributed by atoms with Gasteiger partial charge in [0.25, 0.3) is 5.91 Å². The fraction of sp³-hybridized carbons (Fsp3) is 0.0952. The Morgan fingerprint density at radius 1 is 1.00 bits per heavy atom. The van der Waals surface area contributed by atoms with E-state index >= 15 is 0 Å². The van der Waals surface area contributed by atoms with Crippen molar-refractivity contribution in [3.05, 3.63) is 82.6 Å². The molecule has 0 unspecified atom stereocenters. The molecule has 26 heavy (non-hydrogen) atoms. The van der Waals surface area contributed by atoms with E-state index in [9.17, 15) is 4.79 Å². The maximum Gasteiger partial charge on any atom is 0.279 e. The van der Waals surface area contributed by atoms with Gasteiger partial charge in [-0.05, 0) is 44.2 Å². The third-order valence-corrected chi connectivity index (χ3v) is 4.54. The predicted octanol–water partition coefficient (Wildman–Crippen LogP) is 5.06. The lowest BCUT2D eigenvalue weighted by Gasteiger charge is -2.10. The molecular weight excluding hydrogens is 346 g/mol. The quantitative estimate of drug-likeness (QED) is 0.501. The molecule has 0 amide bonds. The number of pyridine rings is 1. The minimum absolute atomic E-state index is 0.163. The lowest BCUT2D eigenvalue weighted by atomic mass is 10.0. The highest BCUT2D eigenvalue weighted by atomic mass is 35.5. The highest BCUT2D eigenvalue weighted by Crippen LogP contribution is 2.26. The van der Waals surface area contributed by atoms with Crippen molar-refractivity contribution < 1.29 is 4.79 Å². The van der Waals surface area contributed by atoms with E-state index in [4.69, 9.17) is 16.6 Å². The molecule has 0 spiro atoms. The Bertz CT molecular complexity index is 1130. The van der Waals surface area contributed by atoms with E-state index in [-0.39, 0.29) is 5.91 Å². The van der Waals surface area contributed by atoms with Crippen LogP contribution in [-0.2, 0) is 0 Å². The van der Waals surface area contributed by atoms with Crippen molar-refractivity contribution in [3.63, 3.8) is 0 Å². The van der Waals surface area contributed by atoms with Gasteiger partial charge in [0.1, 0.15) is 0 Å². The van der Waals surface area contributed by atoms with Crippen molar-refractivity contribution in [3.8, 4) is 11.3 Å². The van der Waals surface area contributed by atoms with Gasteiger partial charge >= 0.3 is 0 Å². The van der Waals surface area contributed by atoms with Crippen LogP contribution in [0.4, 0.5) is 0 Å². The van der Waals surface area contributed by atoms with Crippen molar-refractivity contribution >= 4 is 28.4 Å². The molecule has 0 saturated heterocycles. The zero-order chi connectivity index (χ0) is 18.3. The molecule has 128 valence electrons. The van der Waals surface area contributed by atoms with Crippen molar-refractivity contribution in [1.29, 1.82) is 0 Å². The minimum atomic E-state index is -0.163. The van der Waals surface area contributed by atoms with Gasteiger partial charge in [-0.2, -0.15) is 5.10 Å². The molecule has 4 rings (SSSR count). The van der Waals surface area contributed by atoms with E-state index in [1.807, 2.05) is 74.5 Å². The molecule has 5 heteroatoms. The van der Waals surface area contributed by atoms with Crippen molar-refractivity contribution in [2.24, 2.45) is 0 Å². The third kappa shape index (κ3) is 2.89. The van der Waals surface area contributed by atoms with Gasteiger partial charge < -0.3 is 0 Å². The highest BCUT2D eigenvalue weighted by Gasteiger charge is 2.18. The molecule has 4 nitrogen and oxygen atoms in total. The molecule has 0 fully saturated rings. The summed E-state index contributed by atoms with van der Waals surface area (Å²) >= 11 is 5.99. The fourth-order valence-corrected chi connectivity index (χ4v) is 3.20. The fourth-order valence-electron chi connectivity index (χ4n) is 3.07. The summed E-state index contributed by atoms with van der Waals surface area (Å²) in [5.74, 6) is -0.163. The predicted molar refractivity (Wildman–Crippen MR) is 104 cm³/mol. The number of hydrogen-bond acceptors (Lipinski definition) is 3. The Labute approximate surface area is 156 Å². The van der Waals surface area contributed by atoms with Crippen molar-refractivity contribution in [2.45, 2.75) is 13.8 Å². The SMILES string of the molecule is Cc1cc(C)n(C(=O)c2cc(-c3ccc(Cl)cc3)nc3ccccc23)n1. The Kier molecular flexibility index (Phi) is 4.05. The monoisotopic (exact) mass is 361 g/mol. The van der Waals surface area contributed by atoms with Crippen LogP contribution in [0.15, 0.2) is 60.7 Å². The summed E-state index contributed by atoms with van der Waals surface area (Å²) < 4.78 is 1.45. The number of halogens is 1. The van der Waals surface area contributed by atoms with Gasteiger partial charge in [0.2, 0.25) is 0 Å².